The summed E-state index contributed by atoms with van der Waals surface area (Å²) in [6.07, 6.45) is 0. The van der Waals surface area contributed by atoms with Crippen molar-refractivity contribution in [1.29, 1.82) is 0 Å². The Hall–Kier alpha value is -1.00. The second-order valence-corrected chi connectivity index (χ2v) is 3.12. The van der Waals surface area contributed by atoms with Crippen LogP contribution >= 0.6 is 23.2 Å². The van der Waals surface area contributed by atoms with Gasteiger partial charge in [-0.3, -0.25) is 0 Å². The molecule has 0 aliphatic carbocycles. The summed E-state index contributed by atoms with van der Waals surface area (Å²) in [6, 6.07) is 2.77. The predicted molar refractivity (Wildman–Crippen MR) is 49.5 cm³/mol. The molecule has 1 aromatic carbocycles. The van der Waals surface area contributed by atoms with Gasteiger partial charge < -0.3 is 4.74 Å². The highest BCUT2D eigenvalue weighted by Gasteiger charge is 2.21. The zero-order valence-electron chi connectivity index (χ0n) is 7.01. The summed E-state index contributed by atoms with van der Waals surface area (Å²) >= 11 is 11.3. The highest BCUT2D eigenvalue weighted by molar-refractivity contribution is 6.37. The van der Waals surface area contributed by atoms with Crippen LogP contribution in [0.4, 0.5) is 4.53 Å². The van der Waals surface area contributed by atoms with Crippen molar-refractivity contribution in [2.75, 3.05) is 7.11 Å². The molecule has 3 nitrogen and oxygen atoms in total. The van der Waals surface area contributed by atoms with Crippen LogP contribution in [0.1, 0.15) is 10.4 Å². The molecule has 14 heavy (non-hydrogen) atoms. The van der Waals surface area contributed by atoms with E-state index in [0.717, 1.165) is 0 Å². The molecule has 0 amide bonds. The number of carbonyl (C=O) groups excluding carboxylic acids is 1. The second-order valence-electron chi connectivity index (χ2n) is 2.30. The minimum absolute atomic E-state index is 0.00824. The number of hydrogen-bond donors (Lipinski definition) is 0. The van der Waals surface area contributed by atoms with Crippen LogP contribution in [0, 0.1) is 0 Å². The summed E-state index contributed by atoms with van der Waals surface area (Å²) in [6.45, 7) is 0. The van der Waals surface area contributed by atoms with Crippen LogP contribution in [0.15, 0.2) is 12.1 Å². The van der Waals surface area contributed by atoms with Crippen molar-refractivity contribution < 1.29 is 19.0 Å². The summed E-state index contributed by atoms with van der Waals surface area (Å²) in [5.74, 6) is -1.25. The molecule has 6 heteroatoms. The Bertz CT molecular complexity index is 368. The van der Waals surface area contributed by atoms with Crippen molar-refractivity contribution in [2.45, 2.75) is 0 Å². The number of methoxy groups -OCH3 is 1. The van der Waals surface area contributed by atoms with Crippen molar-refractivity contribution in [1.82, 2.24) is 0 Å². The van der Waals surface area contributed by atoms with Crippen molar-refractivity contribution in [3.63, 3.8) is 0 Å². The first kappa shape index (κ1) is 11.1. The van der Waals surface area contributed by atoms with E-state index in [4.69, 9.17) is 27.9 Å². The van der Waals surface area contributed by atoms with E-state index >= 15 is 0 Å². The molecule has 76 valence electrons. The van der Waals surface area contributed by atoms with Crippen LogP contribution in [0.25, 0.3) is 0 Å². The van der Waals surface area contributed by atoms with Gasteiger partial charge in [0.05, 0.1) is 17.2 Å². The fourth-order valence-corrected chi connectivity index (χ4v) is 1.42. The molecule has 0 aromatic heterocycles. The van der Waals surface area contributed by atoms with Gasteiger partial charge in [-0.25, -0.2) is 9.74 Å². The molecule has 0 atom stereocenters. The molecular weight excluding hydrogens is 234 g/mol. The molecule has 0 aliphatic heterocycles. The van der Waals surface area contributed by atoms with Gasteiger partial charge in [0, 0.05) is 4.53 Å². The Balaban J connectivity index is 3.37. The predicted octanol–water partition coefficient (Wildman–Crippen LogP) is 3.04. The summed E-state index contributed by atoms with van der Waals surface area (Å²) in [5, 5.41) is 0.159. The molecule has 0 saturated heterocycles. The van der Waals surface area contributed by atoms with Crippen LogP contribution in [0.3, 0.4) is 0 Å². The highest BCUT2D eigenvalue weighted by Crippen LogP contribution is 2.34. The Morgan fingerprint density at radius 2 is 1.93 bits per heavy atom. The van der Waals surface area contributed by atoms with Gasteiger partial charge in [0.2, 0.25) is 0 Å². The Labute approximate surface area is 89.2 Å². The third-order valence-corrected chi connectivity index (χ3v) is 2.15. The lowest BCUT2D eigenvalue weighted by molar-refractivity contribution is -0.0789. The summed E-state index contributed by atoms with van der Waals surface area (Å²) in [5.41, 5.74) is -0.232. The highest BCUT2D eigenvalue weighted by atomic mass is 35.5. The van der Waals surface area contributed by atoms with E-state index in [9.17, 15) is 9.32 Å². The Morgan fingerprint density at radius 3 is 2.43 bits per heavy atom. The van der Waals surface area contributed by atoms with Gasteiger partial charge in [0.15, 0.2) is 5.75 Å². The molecule has 0 unspecified atom stereocenters. The quantitative estimate of drug-likeness (QED) is 0.795. The third-order valence-electron chi connectivity index (χ3n) is 1.54. The number of rotatable bonds is 2. The maximum Gasteiger partial charge on any atom is 0.384 e. The van der Waals surface area contributed by atoms with E-state index in [1.54, 1.807) is 0 Å². The zero-order valence-corrected chi connectivity index (χ0v) is 8.53. The fourth-order valence-electron chi connectivity index (χ4n) is 0.962. The maximum atomic E-state index is 11.7. The number of halogens is 3. The molecule has 0 N–H and O–H groups in total. The molecule has 0 bridgehead atoms. The SMILES string of the molecule is COc1c(Cl)ccc(Cl)c1C(=O)OF. The molecule has 0 aliphatic rings. The van der Waals surface area contributed by atoms with E-state index in [1.165, 1.54) is 19.2 Å². The number of hydrogen-bond acceptors (Lipinski definition) is 3. The molecule has 0 spiro atoms. The Morgan fingerprint density at radius 1 is 1.36 bits per heavy atom. The van der Waals surface area contributed by atoms with Gasteiger partial charge in [-0.2, -0.15) is 0 Å². The first-order valence-electron chi connectivity index (χ1n) is 3.46. The van der Waals surface area contributed by atoms with E-state index in [-0.39, 0.29) is 21.4 Å². The first-order valence-corrected chi connectivity index (χ1v) is 4.22. The summed E-state index contributed by atoms with van der Waals surface area (Å²) in [7, 11) is 1.28. The van der Waals surface area contributed by atoms with E-state index in [2.05, 4.69) is 4.94 Å². The van der Waals surface area contributed by atoms with E-state index in [0.29, 0.717) is 0 Å². The smallest absolute Gasteiger partial charge is 0.384 e. The van der Waals surface area contributed by atoms with Gasteiger partial charge in [-0.15, -0.1) is 0 Å². The van der Waals surface area contributed by atoms with Crippen molar-refractivity contribution in [3.05, 3.63) is 27.7 Å². The number of ether oxygens (including phenoxy) is 1. The van der Waals surface area contributed by atoms with Crippen LogP contribution in [-0.2, 0) is 4.94 Å². The lowest BCUT2D eigenvalue weighted by Crippen LogP contribution is -2.03. The summed E-state index contributed by atoms with van der Waals surface area (Å²) in [4.78, 5) is 14.0. The molecule has 1 aromatic rings. The molecule has 0 heterocycles. The standard InChI is InChI=1S/C8H5Cl2FO3/c1-13-7-5(10)3-2-4(9)6(7)8(12)14-11/h2-3H,1H3. The largest absolute Gasteiger partial charge is 0.494 e. The van der Waals surface area contributed by atoms with Gasteiger partial charge in [-0.1, -0.05) is 23.2 Å². The van der Waals surface area contributed by atoms with Gasteiger partial charge >= 0.3 is 5.97 Å². The average Bonchev–Trinajstić information content (AvgIpc) is 2.19. The minimum Gasteiger partial charge on any atom is -0.494 e. The van der Waals surface area contributed by atoms with Crippen LogP contribution in [0.2, 0.25) is 10.0 Å². The van der Waals surface area contributed by atoms with Crippen LogP contribution < -0.4 is 4.74 Å². The fraction of sp³-hybridized carbons (Fsp3) is 0.125. The molecule has 0 radical (unpaired) electrons. The normalized spacial score (nSPS) is 9.71. The van der Waals surface area contributed by atoms with Crippen molar-refractivity contribution in [2.24, 2.45) is 0 Å². The van der Waals surface area contributed by atoms with Gasteiger partial charge in [-0.05, 0) is 12.1 Å². The average molecular weight is 239 g/mol. The lowest BCUT2D eigenvalue weighted by atomic mass is 10.2. The molecule has 0 fully saturated rings. The van der Waals surface area contributed by atoms with E-state index < -0.39 is 5.97 Å². The number of carbonyl (C=O) groups is 1. The Kier molecular flexibility index (Phi) is 3.55. The van der Waals surface area contributed by atoms with Crippen LogP contribution in [-0.4, -0.2) is 13.1 Å². The van der Waals surface area contributed by atoms with E-state index in [1.807, 2.05) is 0 Å². The van der Waals surface area contributed by atoms with Gasteiger partial charge in [0.1, 0.15) is 5.56 Å². The molecular formula is C8H5Cl2FO3. The third kappa shape index (κ3) is 1.91. The minimum atomic E-state index is -1.24. The molecule has 0 saturated carbocycles. The van der Waals surface area contributed by atoms with Crippen molar-refractivity contribution >= 4 is 29.2 Å². The second kappa shape index (κ2) is 4.48. The zero-order chi connectivity index (χ0) is 10.7. The van der Waals surface area contributed by atoms with Crippen molar-refractivity contribution in [3.8, 4) is 5.75 Å². The molecule has 1 rings (SSSR count). The summed E-state index contributed by atoms with van der Waals surface area (Å²) < 4.78 is 16.5. The first-order chi connectivity index (χ1) is 6.61. The van der Waals surface area contributed by atoms with Crippen LogP contribution in [0.5, 0.6) is 5.75 Å². The number of benzene rings is 1. The monoisotopic (exact) mass is 238 g/mol. The maximum absolute atomic E-state index is 11.7. The van der Waals surface area contributed by atoms with Gasteiger partial charge in [0.25, 0.3) is 0 Å². The lowest BCUT2D eigenvalue weighted by Gasteiger charge is -2.08. The topological polar surface area (TPSA) is 35.5 Å².